The Bertz CT molecular complexity index is 614. The Kier molecular flexibility index (Phi) is 5.44. The lowest BCUT2D eigenvalue weighted by molar-refractivity contribution is -0.0241. The number of hydrogen-bond donors (Lipinski definition) is 3. The van der Waals surface area contributed by atoms with Crippen LogP contribution in [0.15, 0.2) is 23.8 Å². The van der Waals surface area contributed by atoms with Gasteiger partial charge in [0, 0.05) is 5.56 Å². The van der Waals surface area contributed by atoms with Crippen LogP contribution in [0.3, 0.4) is 0 Å². The molecule has 0 spiro atoms. The number of fused-ring (bicyclic) bond motifs is 1. The second-order valence-corrected chi connectivity index (χ2v) is 6.30. The molecule has 0 aromatic heterocycles. The number of aliphatic hydroxyl groups excluding tert-OH is 2. The molecule has 5 heteroatoms. The van der Waals surface area contributed by atoms with Crippen molar-refractivity contribution in [2.75, 3.05) is 0 Å². The van der Waals surface area contributed by atoms with Crippen molar-refractivity contribution in [3.05, 3.63) is 40.5 Å². The van der Waals surface area contributed by atoms with E-state index in [-0.39, 0.29) is 11.3 Å². The summed E-state index contributed by atoms with van der Waals surface area (Å²) in [5.74, 6) is -0.919. The molecule has 1 heterocycles. The van der Waals surface area contributed by atoms with Crippen LogP contribution >= 0.6 is 0 Å². The lowest BCUT2D eigenvalue weighted by Crippen LogP contribution is -2.32. The van der Waals surface area contributed by atoms with Gasteiger partial charge in [-0.05, 0) is 51.7 Å². The summed E-state index contributed by atoms with van der Waals surface area (Å²) in [5, 5.41) is 30.3. The summed E-state index contributed by atoms with van der Waals surface area (Å²) in [6.07, 6.45) is 0.877. The molecule has 1 aromatic rings. The van der Waals surface area contributed by atoms with Gasteiger partial charge in [0.1, 0.15) is 17.4 Å². The number of benzene rings is 1. The first-order chi connectivity index (χ1) is 10.8. The number of carbonyl (C=O) groups is 1. The summed E-state index contributed by atoms with van der Waals surface area (Å²) in [7, 11) is 0. The van der Waals surface area contributed by atoms with Crippen molar-refractivity contribution in [3.63, 3.8) is 0 Å². The molecule has 0 bridgehead atoms. The molecule has 2 rings (SSSR count). The average Bonchev–Trinajstić information content (AvgIpc) is 2.47. The van der Waals surface area contributed by atoms with Gasteiger partial charge in [-0.2, -0.15) is 0 Å². The number of allylic oxidation sites excluding steroid dienone is 2. The molecule has 0 saturated carbocycles. The Labute approximate surface area is 136 Å². The Morgan fingerprint density at radius 2 is 2.09 bits per heavy atom. The average molecular weight is 320 g/mol. The summed E-state index contributed by atoms with van der Waals surface area (Å²) in [5.41, 5.74) is 2.35. The lowest BCUT2D eigenvalue weighted by Gasteiger charge is -2.28. The molecule has 3 N–H and O–H groups in total. The molecule has 1 aliphatic heterocycles. The maximum absolute atomic E-state index is 12.4. The van der Waals surface area contributed by atoms with Gasteiger partial charge in [0.15, 0.2) is 0 Å². The number of phenols is 1. The van der Waals surface area contributed by atoms with Crippen LogP contribution in [0.25, 0.3) is 0 Å². The quantitative estimate of drug-likeness (QED) is 0.589. The van der Waals surface area contributed by atoms with E-state index in [9.17, 15) is 20.1 Å². The van der Waals surface area contributed by atoms with Crippen molar-refractivity contribution in [2.45, 2.75) is 58.3 Å². The van der Waals surface area contributed by atoms with Crippen LogP contribution in [0.4, 0.5) is 0 Å². The van der Waals surface area contributed by atoms with E-state index in [0.29, 0.717) is 24.8 Å². The Morgan fingerprint density at radius 1 is 1.39 bits per heavy atom. The van der Waals surface area contributed by atoms with Crippen molar-refractivity contribution in [1.82, 2.24) is 0 Å². The normalized spacial score (nSPS) is 22.4. The fourth-order valence-electron chi connectivity index (χ4n) is 2.80. The second kappa shape index (κ2) is 7.15. The topological polar surface area (TPSA) is 87.0 Å². The molecule has 23 heavy (non-hydrogen) atoms. The molecular weight excluding hydrogens is 296 g/mol. The minimum absolute atomic E-state index is 0.00232. The molecule has 5 nitrogen and oxygen atoms in total. The number of phenolic OH excluding ortho intramolecular Hbond substituents is 1. The Morgan fingerprint density at radius 3 is 2.70 bits per heavy atom. The zero-order valence-corrected chi connectivity index (χ0v) is 13.7. The molecular formula is C18H24O5. The van der Waals surface area contributed by atoms with E-state index in [1.807, 2.05) is 19.9 Å². The Balaban J connectivity index is 2.50. The first-order valence-electron chi connectivity index (χ1n) is 7.86. The second-order valence-electron chi connectivity index (χ2n) is 6.30. The number of rotatable bonds is 3. The third-order valence-electron chi connectivity index (χ3n) is 4.10. The standard InChI is InChI=1S/C18H24O5/c1-10(2)4-5-12-6-7-14(21)17-16(12)13(20)8-9-15(11(3)19)23-18(17)22/h4,6-7,11,13,15,19-21H,5,8-9H2,1-3H3/t11-,13+,15-/m1/s1. The number of aromatic hydroxyl groups is 1. The highest BCUT2D eigenvalue weighted by Gasteiger charge is 2.32. The van der Waals surface area contributed by atoms with Crippen LogP contribution < -0.4 is 0 Å². The summed E-state index contributed by atoms with van der Waals surface area (Å²) in [6.45, 7) is 5.49. The summed E-state index contributed by atoms with van der Waals surface area (Å²) < 4.78 is 5.31. The molecule has 0 fully saturated rings. The molecule has 0 unspecified atom stereocenters. The third kappa shape index (κ3) is 3.92. The van der Waals surface area contributed by atoms with Crippen LogP contribution in [0.5, 0.6) is 5.75 Å². The van der Waals surface area contributed by atoms with Gasteiger partial charge in [0.2, 0.25) is 0 Å². The van der Waals surface area contributed by atoms with Crippen molar-refractivity contribution in [1.29, 1.82) is 0 Å². The number of ether oxygens (including phenoxy) is 1. The van der Waals surface area contributed by atoms with E-state index in [1.165, 1.54) is 13.0 Å². The maximum Gasteiger partial charge on any atom is 0.342 e. The summed E-state index contributed by atoms with van der Waals surface area (Å²) >= 11 is 0. The molecule has 1 aromatic carbocycles. The monoisotopic (exact) mass is 320 g/mol. The van der Waals surface area contributed by atoms with E-state index in [4.69, 9.17) is 4.74 Å². The minimum atomic E-state index is -0.883. The van der Waals surface area contributed by atoms with E-state index in [2.05, 4.69) is 0 Å². The number of esters is 1. The van der Waals surface area contributed by atoms with Gasteiger partial charge < -0.3 is 20.1 Å². The first-order valence-corrected chi connectivity index (χ1v) is 7.86. The fraction of sp³-hybridized carbons (Fsp3) is 0.500. The van der Waals surface area contributed by atoms with Crippen LogP contribution in [-0.2, 0) is 11.2 Å². The number of carbonyl (C=O) groups excluding carboxylic acids is 1. The molecule has 0 radical (unpaired) electrons. The van der Waals surface area contributed by atoms with Gasteiger partial charge in [-0.15, -0.1) is 0 Å². The number of aliphatic hydroxyl groups is 2. The summed E-state index contributed by atoms with van der Waals surface area (Å²) in [6, 6.07) is 3.16. The molecule has 1 aliphatic rings. The Hall–Kier alpha value is -1.85. The number of cyclic esters (lactones) is 1. The molecule has 0 amide bonds. The first kappa shape index (κ1) is 17.5. The van der Waals surface area contributed by atoms with Crippen LogP contribution in [-0.4, -0.2) is 33.5 Å². The molecule has 3 atom stereocenters. The van der Waals surface area contributed by atoms with Crippen molar-refractivity contribution in [3.8, 4) is 5.75 Å². The van der Waals surface area contributed by atoms with E-state index in [0.717, 1.165) is 11.1 Å². The van der Waals surface area contributed by atoms with Crippen LogP contribution in [0.2, 0.25) is 0 Å². The minimum Gasteiger partial charge on any atom is -0.507 e. The van der Waals surface area contributed by atoms with E-state index in [1.54, 1.807) is 6.07 Å². The van der Waals surface area contributed by atoms with Crippen molar-refractivity contribution < 1.29 is 24.9 Å². The van der Waals surface area contributed by atoms with E-state index < -0.39 is 24.3 Å². The smallest absolute Gasteiger partial charge is 0.342 e. The molecule has 0 aliphatic carbocycles. The molecule has 126 valence electrons. The number of hydrogen-bond acceptors (Lipinski definition) is 5. The van der Waals surface area contributed by atoms with Gasteiger partial charge in [-0.1, -0.05) is 17.7 Å². The largest absolute Gasteiger partial charge is 0.507 e. The van der Waals surface area contributed by atoms with Gasteiger partial charge >= 0.3 is 5.97 Å². The summed E-state index contributed by atoms with van der Waals surface area (Å²) in [4.78, 5) is 12.4. The highest BCUT2D eigenvalue weighted by molar-refractivity contribution is 5.95. The van der Waals surface area contributed by atoms with Gasteiger partial charge in [0.05, 0.1) is 12.2 Å². The predicted octanol–water partition coefficient (Wildman–Crippen LogP) is 2.63. The fourth-order valence-corrected chi connectivity index (χ4v) is 2.80. The maximum atomic E-state index is 12.4. The SMILES string of the molecule is CC(C)=CCc1ccc(O)c2c1[C@@H](O)CC[C@H]([C@@H](C)O)OC2=O. The predicted molar refractivity (Wildman–Crippen MR) is 86.3 cm³/mol. The van der Waals surface area contributed by atoms with Crippen molar-refractivity contribution in [2.24, 2.45) is 0 Å². The van der Waals surface area contributed by atoms with Gasteiger partial charge in [-0.3, -0.25) is 0 Å². The third-order valence-corrected chi connectivity index (χ3v) is 4.10. The lowest BCUT2D eigenvalue weighted by atomic mass is 9.89. The highest BCUT2D eigenvalue weighted by atomic mass is 16.6. The van der Waals surface area contributed by atoms with Gasteiger partial charge in [0.25, 0.3) is 0 Å². The van der Waals surface area contributed by atoms with E-state index >= 15 is 0 Å². The van der Waals surface area contributed by atoms with Crippen LogP contribution in [0.1, 0.15) is 61.2 Å². The highest BCUT2D eigenvalue weighted by Crippen LogP contribution is 2.36. The van der Waals surface area contributed by atoms with Crippen molar-refractivity contribution >= 4 is 5.97 Å². The zero-order valence-electron chi connectivity index (χ0n) is 13.7. The van der Waals surface area contributed by atoms with Gasteiger partial charge in [-0.25, -0.2) is 4.79 Å². The van der Waals surface area contributed by atoms with Crippen LogP contribution in [0, 0.1) is 0 Å². The zero-order chi connectivity index (χ0) is 17.1. The molecule has 0 saturated heterocycles.